The van der Waals surface area contributed by atoms with E-state index in [1.54, 1.807) is 0 Å². The average Bonchev–Trinajstić information content (AvgIpc) is 1.99. The summed E-state index contributed by atoms with van der Waals surface area (Å²) in [7, 11) is 0. The predicted molar refractivity (Wildman–Crippen MR) is 41.6 cm³/mol. The van der Waals surface area contributed by atoms with Crippen LogP contribution in [0.25, 0.3) is 0 Å². The summed E-state index contributed by atoms with van der Waals surface area (Å²) in [5, 5.41) is -0.395. The van der Waals surface area contributed by atoms with Crippen molar-refractivity contribution in [3.8, 4) is 0 Å². The molecular weight excluding hydrogens is 164 g/mol. The molecule has 1 aliphatic heterocycles. The third kappa shape index (κ3) is 1.89. The van der Waals surface area contributed by atoms with Gasteiger partial charge in [-0.2, -0.15) is 0 Å². The maximum absolute atomic E-state index is 11.0. The standard InChI is InChI=1S/C7H8O3S/c8-3-1-6-7(10)5(9)2-4-11-6/h3,6H,1-2,4H2. The van der Waals surface area contributed by atoms with Gasteiger partial charge in [-0.1, -0.05) is 0 Å². The third-order valence-electron chi connectivity index (χ3n) is 1.53. The highest BCUT2D eigenvalue weighted by molar-refractivity contribution is 8.00. The van der Waals surface area contributed by atoms with Gasteiger partial charge in [0, 0.05) is 18.6 Å². The molecule has 1 heterocycles. The monoisotopic (exact) mass is 172 g/mol. The number of aldehydes is 1. The molecule has 0 amide bonds. The van der Waals surface area contributed by atoms with Crippen molar-refractivity contribution < 1.29 is 14.4 Å². The summed E-state index contributed by atoms with van der Waals surface area (Å²) in [5.41, 5.74) is 0. The lowest BCUT2D eigenvalue weighted by Crippen LogP contribution is -2.31. The molecule has 1 fully saturated rings. The molecule has 0 aromatic carbocycles. The van der Waals surface area contributed by atoms with E-state index in [0.717, 1.165) is 0 Å². The van der Waals surface area contributed by atoms with Crippen LogP contribution in [-0.2, 0) is 14.4 Å². The van der Waals surface area contributed by atoms with Gasteiger partial charge in [-0.05, 0) is 0 Å². The summed E-state index contributed by atoms with van der Waals surface area (Å²) < 4.78 is 0. The molecule has 0 aromatic heterocycles. The predicted octanol–water partition coefficient (Wildman–Crippen LogP) is 0.219. The molecular formula is C7H8O3S. The zero-order chi connectivity index (χ0) is 8.27. The molecule has 0 aromatic rings. The lowest BCUT2D eigenvalue weighted by atomic mass is 10.1. The first-order valence-corrected chi connectivity index (χ1v) is 4.43. The average molecular weight is 172 g/mol. The second-order valence-electron chi connectivity index (χ2n) is 2.30. The van der Waals surface area contributed by atoms with Gasteiger partial charge in [-0.25, -0.2) is 0 Å². The second kappa shape index (κ2) is 3.67. The Morgan fingerprint density at radius 1 is 1.55 bits per heavy atom. The Labute approximate surface area is 68.5 Å². The molecule has 0 bridgehead atoms. The van der Waals surface area contributed by atoms with E-state index >= 15 is 0 Å². The van der Waals surface area contributed by atoms with Crippen LogP contribution in [0.5, 0.6) is 0 Å². The maximum Gasteiger partial charge on any atom is 0.211 e. The Morgan fingerprint density at radius 2 is 2.27 bits per heavy atom. The number of Topliss-reactive ketones (excluding diaryl/α,β-unsaturated/α-hetero) is 2. The Balaban J connectivity index is 2.58. The molecule has 3 nitrogen and oxygen atoms in total. The molecule has 1 unspecified atom stereocenters. The minimum absolute atomic E-state index is 0.176. The number of hydrogen-bond acceptors (Lipinski definition) is 4. The first kappa shape index (κ1) is 8.46. The van der Waals surface area contributed by atoms with Crippen LogP contribution in [0.2, 0.25) is 0 Å². The lowest BCUT2D eigenvalue weighted by molar-refractivity contribution is -0.136. The number of thioether (sulfide) groups is 1. The van der Waals surface area contributed by atoms with Crippen molar-refractivity contribution in [2.24, 2.45) is 0 Å². The molecule has 0 spiro atoms. The zero-order valence-corrected chi connectivity index (χ0v) is 6.73. The number of ketones is 2. The molecule has 1 rings (SSSR count). The SMILES string of the molecule is O=CCC1SCCC(=O)C1=O. The normalized spacial score (nSPS) is 25.3. The zero-order valence-electron chi connectivity index (χ0n) is 5.91. The van der Waals surface area contributed by atoms with Crippen LogP contribution in [-0.4, -0.2) is 28.9 Å². The Bertz CT molecular complexity index is 200. The van der Waals surface area contributed by atoms with E-state index in [2.05, 4.69) is 0 Å². The van der Waals surface area contributed by atoms with Gasteiger partial charge in [0.05, 0.1) is 5.25 Å². The minimum atomic E-state index is -0.395. The highest BCUT2D eigenvalue weighted by atomic mass is 32.2. The number of carbonyl (C=O) groups is 3. The van der Waals surface area contributed by atoms with Gasteiger partial charge in [0.15, 0.2) is 5.78 Å². The van der Waals surface area contributed by atoms with Crippen LogP contribution in [0.15, 0.2) is 0 Å². The van der Waals surface area contributed by atoms with Crippen molar-refractivity contribution in [3.63, 3.8) is 0 Å². The van der Waals surface area contributed by atoms with Crippen molar-refractivity contribution in [3.05, 3.63) is 0 Å². The molecule has 0 saturated carbocycles. The summed E-state index contributed by atoms with van der Waals surface area (Å²) in [6, 6.07) is 0. The summed E-state index contributed by atoms with van der Waals surface area (Å²) in [5.74, 6) is -0.0350. The first-order chi connectivity index (χ1) is 5.25. The largest absolute Gasteiger partial charge is 0.303 e. The van der Waals surface area contributed by atoms with Gasteiger partial charge < -0.3 is 4.79 Å². The van der Waals surface area contributed by atoms with E-state index in [1.807, 2.05) is 0 Å². The van der Waals surface area contributed by atoms with Crippen molar-refractivity contribution in [1.82, 2.24) is 0 Å². The highest BCUT2D eigenvalue weighted by Gasteiger charge is 2.29. The summed E-state index contributed by atoms with van der Waals surface area (Å²) in [6.45, 7) is 0. The first-order valence-electron chi connectivity index (χ1n) is 3.38. The number of rotatable bonds is 2. The summed E-state index contributed by atoms with van der Waals surface area (Å²) in [4.78, 5) is 31.8. The molecule has 1 atom stereocenters. The van der Waals surface area contributed by atoms with Crippen LogP contribution in [0.1, 0.15) is 12.8 Å². The fourth-order valence-corrected chi connectivity index (χ4v) is 2.02. The molecule has 1 aliphatic rings. The van der Waals surface area contributed by atoms with Gasteiger partial charge in [0.2, 0.25) is 5.78 Å². The van der Waals surface area contributed by atoms with Crippen molar-refractivity contribution in [2.45, 2.75) is 18.1 Å². The summed E-state index contributed by atoms with van der Waals surface area (Å²) >= 11 is 1.40. The van der Waals surface area contributed by atoms with E-state index in [-0.39, 0.29) is 18.0 Å². The van der Waals surface area contributed by atoms with Crippen LogP contribution < -0.4 is 0 Å². The van der Waals surface area contributed by atoms with Crippen LogP contribution in [0.4, 0.5) is 0 Å². The fraction of sp³-hybridized carbons (Fsp3) is 0.571. The van der Waals surface area contributed by atoms with E-state index in [4.69, 9.17) is 0 Å². The molecule has 60 valence electrons. The molecule has 0 radical (unpaired) electrons. The van der Waals surface area contributed by atoms with Gasteiger partial charge in [0.1, 0.15) is 6.29 Å². The molecule has 4 heteroatoms. The quantitative estimate of drug-likeness (QED) is 0.441. The molecule has 0 aliphatic carbocycles. The topological polar surface area (TPSA) is 51.2 Å². The van der Waals surface area contributed by atoms with Crippen LogP contribution in [0.3, 0.4) is 0 Å². The molecule has 1 saturated heterocycles. The number of carbonyl (C=O) groups excluding carboxylic acids is 3. The Kier molecular flexibility index (Phi) is 2.82. The minimum Gasteiger partial charge on any atom is -0.303 e. The molecule has 11 heavy (non-hydrogen) atoms. The Morgan fingerprint density at radius 3 is 2.91 bits per heavy atom. The van der Waals surface area contributed by atoms with Crippen molar-refractivity contribution in [2.75, 3.05) is 5.75 Å². The third-order valence-corrected chi connectivity index (χ3v) is 2.77. The molecule has 0 N–H and O–H groups in total. The summed E-state index contributed by atoms with van der Waals surface area (Å²) in [6.07, 6.45) is 1.20. The van der Waals surface area contributed by atoms with Crippen molar-refractivity contribution in [1.29, 1.82) is 0 Å². The van der Waals surface area contributed by atoms with Crippen LogP contribution in [0, 0.1) is 0 Å². The van der Waals surface area contributed by atoms with E-state index in [9.17, 15) is 14.4 Å². The van der Waals surface area contributed by atoms with E-state index < -0.39 is 5.25 Å². The van der Waals surface area contributed by atoms with Gasteiger partial charge >= 0.3 is 0 Å². The Hall–Kier alpha value is -0.640. The highest BCUT2D eigenvalue weighted by Crippen LogP contribution is 2.21. The van der Waals surface area contributed by atoms with Crippen LogP contribution >= 0.6 is 11.8 Å². The van der Waals surface area contributed by atoms with Gasteiger partial charge in [0.25, 0.3) is 0 Å². The van der Waals surface area contributed by atoms with E-state index in [1.165, 1.54) is 11.8 Å². The maximum atomic E-state index is 11.0. The number of hydrogen-bond donors (Lipinski definition) is 0. The lowest BCUT2D eigenvalue weighted by Gasteiger charge is -2.15. The fourth-order valence-electron chi connectivity index (χ4n) is 0.935. The van der Waals surface area contributed by atoms with Gasteiger partial charge in [-0.3, -0.25) is 9.59 Å². The van der Waals surface area contributed by atoms with E-state index in [0.29, 0.717) is 18.5 Å². The van der Waals surface area contributed by atoms with Crippen molar-refractivity contribution >= 4 is 29.6 Å². The smallest absolute Gasteiger partial charge is 0.211 e. The second-order valence-corrected chi connectivity index (χ2v) is 3.61. The van der Waals surface area contributed by atoms with Gasteiger partial charge in [-0.15, -0.1) is 11.8 Å².